The Morgan fingerprint density at radius 1 is 0.900 bits per heavy atom. The first-order chi connectivity index (χ1) is 19.4. The fraction of sp³-hybridized carbons (Fsp3) is 0.562. The average molecular weight is 552 g/mol. The number of hydrogen-bond donors (Lipinski definition) is 1. The SMILES string of the molecule is COCCCOc1cc(C(=O)N(C(C)C)C2CCC(CCN(C(=O)c3ccccc3)C3CC3)NC2)ccc1OC. The summed E-state index contributed by atoms with van der Waals surface area (Å²) in [5, 5.41) is 3.69. The molecule has 2 aliphatic rings. The van der Waals surface area contributed by atoms with E-state index in [4.69, 9.17) is 14.2 Å². The molecular formula is C32H45N3O5. The van der Waals surface area contributed by atoms with Gasteiger partial charge in [0.2, 0.25) is 0 Å². The highest BCUT2D eigenvalue weighted by Crippen LogP contribution is 2.31. The molecule has 0 bridgehead atoms. The van der Waals surface area contributed by atoms with Gasteiger partial charge in [0.05, 0.1) is 13.7 Å². The lowest BCUT2D eigenvalue weighted by atomic mass is 9.95. The van der Waals surface area contributed by atoms with Gasteiger partial charge in [0.15, 0.2) is 11.5 Å². The molecule has 2 amide bonds. The highest BCUT2D eigenvalue weighted by atomic mass is 16.5. The minimum absolute atomic E-state index is 0.00184. The van der Waals surface area contributed by atoms with E-state index in [-0.39, 0.29) is 23.9 Å². The second kappa shape index (κ2) is 14.5. The van der Waals surface area contributed by atoms with Gasteiger partial charge in [-0.15, -0.1) is 0 Å². The molecule has 2 aromatic rings. The van der Waals surface area contributed by atoms with E-state index in [1.165, 1.54) is 0 Å². The first kappa shape index (κ1) is 29.9. The molecule has 40 heavy (non-hydrogen) atoms. The third-order valence-electron chi connectivity index (χ3n) is 7.82. The normalized spacial score (nSPS) is 18.8. The summed E-state index contributed by atoms with van der Waals surface area (Å²) in [5.41, 5.74) is 1.36. The van der Waals surface area contributed by atoms with Gasteiger partial charge in [0.1, 0.15) is 0 Å². The van der Waals surface area contributed by atoms with Crippen molar-refractivity contribution in [1.29, 1.82) is 0 Å². The van der Waals surface area contributed by atoms with Gasteiger partial charge in [-0.1, -0.05) is 18.2 Å². The van der Waals surface area contributed by atoms with Crippen LogP contribution in [0, 0.1) is 0 Å². The zero-order valence-electron chi connectivity index (χ0n) is 24.4. The minimum atomic E-state index is -0.00184. The van der Waals surface area contributed by atoms with Gasteiger partial charge in [0, 0.05) is 68.5 Å². The van der Waals surface area contributed by atoms with Gasteiger partial charge < -0.3 is 29.3 Å². The zero-order valence-corrected chi connectivity index (χ0v) is 24.4. The molecule has 4 rings (SSSR count). The van der Waals surface area contributed by atoms with Crippen LogP contribution in [-0.4, -0.2) is 86.3 Å². The third kappa shape index (κ3) is 7.76. The molecule has 2 atom stereocenters. The quantitative estimate of drug-likeness (QED) is 0.341. The van der Waals surface area contributed by atoms with Crippen LogP contribution in [0.15, 0.2) is 48.5 Å². The molecular weight excluding hydrogens is 506 g/mol. The first-order valence-corrected chi connectivity index (χ1v) is 14.6. The molecule has 8 heteroatoms. The number of piperidine rings is 1. The fourth-order valence-electron chi connectivity index (χ4n) is 5.54. The van der Waals surface area contributed by atoms with E-state index in [9.17, 15) is 9.59 Å². The van der Waals surface area contributed by atoms with Crippen LogP contribution in [0.4, 0.5) is 0 Å². The van der Waals surface area contributed by atoms with Crippen LogP contribution in [0.3, 0.4) is 0 Å². The van der Waals surface area contributed by atoms with E-state index in [0.29, 0.717) is 42.4 Å². The number of nitrogens with one attached hydrogen (secondary N) is 1. The van der Waals surface area contributed by atoms with E-state index < -0.39 is 0 Å². The van der Waals surface area contributed by atoms with Gasteiger partial charge in [-0.25, -0.2) is 0 Å². The molecule has 218 valence electrons. The summed E-state index contributed by atoms with van der Waals surface area (Å²) in [4.78, 5) is 30.9. The van der Waals surface area contributed by atoms with Gasteiger partial charge in [0.25, 0.3) is 11.8 Å². The summed E-state index contributed by atoms with van der Waals surface area (Å²) in [5.74, 6) is 1.31. The van der Waals surface area contributed by atoms with Crippen molar-refractivity contribution in [2.75, 3.05) is 40.5 Å². The fourth-order valence-corrected chi connectivity index (χ4v) is 5.54. The summed E-state index contributed by atoms with van der Waals surface area (Å²) in [6.45, 7) is 6.73. The van der Waals surface area contributed by atoms with Crippen molar-refractivity contribution in [3.8, 4) is 11.5 Å². The second-order valence-corrected chi connectivity index (χ2v) is 11.1. The van der Waals surface area contributed by atoms with E-state index in [1.54, 1.807) is 26.4 Å². The zero-order chi connectivity index (χ0) is 28.5. The van der Waals surface area contributed by atoms with Crippen LogP contribution in [0.2, 0.25) is 0 Å². The number of amides is 2. The summed E-state index contributed by atoms with van der Waals surface area (Å²) < 4.78 is 16.5. The van der Waals surface area contributed by atoms with Gasteiger partial charge in [-0.05, 0) is 76.3 Å². The molecule has 0 radical (unpaired) electrons. The van der Waals surface area contributed by atoms with Crippen LogP contribution >= 0.6 is 0 Å². The lowest BCUT2D eigenvalue weighted by molar-refractivity contribution is 0.0544. The van der Waals surface area contributed by atoms with Gasteiger partial charge in [-0.2, -0.15) is 0 Å². The molecule has 1 N–H and O–H groups in total. The molecule has 2 unspecified atom stereocenters. The van der Waals surface area contributed by atoms with Crippen LogP contribution in [0.1, 0.15) is 73.1 Å². The molecule has 0 aromatic heterocycles. The van der Waals surface area contributed by atoms with Gasteiger partial charge in [-0.3, -0.25) is 9.59 Å². The molecule has 1 aliphatic carbocycles. The molecule has 1 saturated heterocycles. The van der Waals surface area contributed by atoms with Crippen molar-refractivity contribution in [3.63, 3.8) is 0 Å². The molecule has 0 spiro atoms. The molecule has 2 fully saturated rings. The van der Waals surface area contributed by atoms with Crippen molar-refractivity contribution >= 4 is 11.8 Å². The Hall–Kier alpha value is -3.10. The number of carbonyl (C=O) groups is 2. The highest BCUT2D eigenvalue weighted by molar-refractivity contribution is 5.95. The standard InChI is InChI=1S/C32H45N3O5/c1-23(2)35(32(37)25-11-16-29(39-4)30(21-25)40-20-8-19-38-3)28-13-12-26(33-22-28)17-18-34(27-14-15-27)31(36)24-9-6-5-7-10-24/h5-7,9-11,16,21,23,26-28,33H,8,12-15,17-20,22H2,1-4H3. The van der Waals surface area contributed by atoms with Crippen LogP contribution in [0.5, 0.6) is 11.5 Å². The Kier molecular flexibility index (Phi) is 10.8. The monoisotopic (exact) mass is 551 g/mol. The van der Waals surface area contributed by atoms with E-state index in [0.717, 1.165) is 57.2 Å². The Bertz CT molecular complexity index is 1100. The van der Waals surface area contributed by atoms with Gasteiger partial charge >= 0.3 is 0 Å². The summed E-state index contributed by atoms with van der Waals surface area (Å²) in [7, 11) is 3.27. The van der Waals surface area contributed by atoms with E-state index in [1.807, 2.05) is 41.3 Å². The Labute approximate surface area is 239 Å². The Morgan fingerprint density at radius 3 is 2.27 bits per heavy atom. The molecule has 1 aliphatic heterocycles. The van der Waals surface area contributed by atoms with Crippen molar-refractivity contribution in [2.45, 2.75) is 76.5 Å². The predicted molar refractivity (Wildman–Crippen MR) is 156 cm³/mol. The van der Waals surface area contributed by atoms with Crippen LogP contribution in [-0.2, 0) is 4.74 Å². The van der Waals surface area contributed by atoms with Crippen LogP contribution < -0.4 is 14.8 Å². The second-order valence-electron chi connectivity index (χ2n) is 11.1. The van der Waals surface area contributed by atoms with Crippen molar-refractivity contribution in [2.24, 2.45) is 0 Å². The molecule has 8 nitrogen and oxygen atoms in total. The number of ether oxygens (including phenoxy) is 3. The van der Waals surface area contributed by atoms with Crippen LogP contribution in [0.25, 0.3) is 0 Å². The highest BCUT2D eigenvalue weighted by Gasteiger charge is 2.35. The summed E-state index contributed by atoms with van der Waals surface area (Å²) in [6, 6.07) is 15.8. The lowest BCUT2D eigenvalue weighted by Crippen LogP contribution is -2.54. The largest absolute Gasteiger partial charge is 0.493 e. The number of methoxy groups -OCH3 is 2. The van der Waals surface area contributed by atoms with E-state index in [2.05, 4.69) is 24.1 Å². The Morgan fingerprint density at radius 2 is 1.65 bits per heavy atom. The van der Waals surface area contributed by atoms with E-state index >= 15 is 0 Å². The van der Waals surface area contributed by atoms with Crippen molar-refractivity contribution in [3.05, 3.63) is 59.7 Å². The number of carbonyl (C=O) groups excluding carboxylic acids is 2. The predicted octanol–water partition coefficient (Wildman–Crippen LogP) is 4.78. The maximum atomic E-state index is 13.7. The molecule has 1 heterocycles. The number of rotatable bonds is 14. The third-order valence-corrected chi connectivity index (χ3v) is 7.82. The Balaban J connectivity index is 1.34. The smallest absolute Gasteiger partial charge is 0.254 e. The summed E-state index contributed by atoms with van der Waals surface area (Å²) in [6.07, 6.45) is 5.75. The van der Waals surface area contributed by atoms with Crippen molar-refractivity contribution in [1.82, 2.24) is 15.1 Å². The van der Waals surface area contributed by atoms with Crippen molar-refractivity contribution < 1.29 is 23.8 Å². The average Bonchev–Trinajstić information content (AvgIpc) is 3.82. The number of benzene rings is 2. The molecule has 1 saturated carbocycles. The number of nitrogens with zero attached hydrogens (tertiary/aromatic N) is 2. The maximum Gasteiger partial charge on any atom is 0.254 e. The molecule has 2 aromatic carbocycles. The summed E-state index contributed by atoms with van der Waals surface area (Å²) >= 11 is 0. The topological polar surface area (TPSA) is 80.3 Å². The maximum absolute atomic E-state index is 13.7. The minimum Gasteiger partial charge on any atom is -0.493 e. The lowest BCUT2D eigenvalue weighted by Gasteiger charge is -2.40. The first-order valence-electron chi connectivity index (χ1n) is 14.6. The number of hydrogen-bond acceptors (Lipinski definition) is 6.